The van der Waals surface area contributed by atoms with Crippen molar-refractivity contribution in [3.8, 4) is 11.8 Å². The molecule has 1 aromatic heterocycles. The van der Waals surface area contributed by atoms with Crippen LogP contribution in [0, 0.1) is 0 Å². The molecule has 5 aliphatic rings. The number of fused-ring (bicyclic) bond motifs is 3. The fraction of sp³-hybridized carbons (Fsp3) is 0.615. The fourth-order valence-electron chi connectivity index (χ4n) is 7.73. The van der Waals surface area contributed by atoms with Gasteiger partial charge >= 0.3 is 19.2 Å². The van der Waals surface area contributed by atoms with E-state index in [0.29, 0.717) is 56.1 Å². The fourth-order valence-corrected chi connectivity index (χ4v) is 7.73. The molecular formula is C39H51BN4O7. The van der Waals surface area contributed by atoms with E-state index in [1.807, 2.05) is 43.9 Å². The smallest absolute Gasteiger partial charge is 0.487 e. The quantitative estimate of drug-likeness (QED) is 0.255. The molecule has 11 nitrogen and oxygen atoms in total. The number of carbonyl (C=O) groups is 1. The Bertz CT molecular complexity index is 1770. The van der Waals surface area contributed by atoms with Crippen LogP contribution in [0.25, 0.3) is 10.9 Å². The highest BCUT2D eigenvalue weighted by atomic mass is 16.7. The average Bonchev–Trinajstić information content (AvgIpc) is 3.65. The summed E-state index contributed by atoms with van der Waals surface area (Å²) in [7, 11) is -0.635. The Morgan fingerprint density at radius 2 is 1.67 bits per heavy atom. The zero-order chi connectivity index (χ0) is 35.7. The molecule has 2 atom stereocenters. The first-order valence-corrected chi connectivity index (χ1v) is 18.7. The third kappa shape index (κ3) is 6.75. The van der Waals surface area contributed by atoms with Gasteiger partial charge in [0.05, 0.1) is 36.5 Å². The minimum absolute atomic E-state index is 0.0236. The van der Waals surface area contributed by atoms with E-state index < -0.39 is 23.9 Å². The van der Waals surface area contributed by atoms with Crippen molar-refractivity contribution in [3.63, 3.8) is 0 Å². The molecule has 5 fully saturated rings. The van der Waals surface area contributed by atoms with E-state index in [-0.39, 0.29) is 24.3 Å². The number of anilines is 1. The lowest BCUT2D eigenvalue weighted by atomic mass is 9.73. The number of rotatable bonds is 8. The van der Waals surface area contributed by atoms with E-state index in [9.17, 15) is 4.79 Å². The van der Waals surface area contributed by atoms with Gasteiger partial charge in [0, 0.05) is 36.8 Å². The second-order valence-corrected chi connectivity index (χ2v) is 16.8. The monoisotopic (exact) mass is 698 g/mol. The Balaban J connectivity index is 1.26. The van der Waals surface area contributed by atoms with Crippen LogP contribution < -0.4 is 19.8 Å². The van der Waals surface area contributed by atoms with Crippen LogP contribution in [-0.4, -0.2) is 89.4 Å². The minimum atomic E-state index is -0.635. The Morgan fingerprint density at radius 1 is 0.961 bits per heavy atom. The van der Waals surface area contributed by atoms with Gasteiger partial charge in [-0.15, -0.1) is 0 Å². The van der Waals surface area contributed by atoms with Gasteiger partial charge in [0.25, 0.3) is 0 Å². The van der Waals surface area contributed by atoms with Crippen molar-refractivity contribution in [1.82, 2.24) is 14.9 Å². The molecule has 1 saturated carbocycles. The first-order chi connectivity index (χ1) is 24.3. The van der Waals surface area contributed by atoms with Crippen molar-refractivity contribution < 1.29 is 33.1 Å². The lowest BCUT2D eigenvalue weighted by Gasteiger charge is -2.36. The van der Waals surface area contributed by atoms with Crippen LogP contribution in [0.4, 0.5) is 10.6 Å². The summed E-state index contributed by atoms with van der Waals surface area (Å²) in [4.78, 5) is 27.8. The van der Waals surface area contributed by atoms with Crippen LogP contribution >= 0.6 is 0 Å². The van der Waals surface area contributed by atoms with E-state index in [0.717, 1.165) is 59.9 Å². The summed E-state index contributed by atoms with van der Waals surface area (Å²) in [5.41, 5.74) is 2.17. The SMILES string of the molecule is CC(C)(C)OC(=O)N1C[C@@H]2C[C@H]1CN2c1nc(OC2CCOCC2)nc2c(OCc3ccccc3)c(B3OC(C)(C)C(C)(C)O3)c(C3CC3)cc12. The third-order valence-corrected chi connectivity index (χ3v) is 11.3. The number of likely N-dealkylation sites (tertiary alicyclic amines) is 1. The molecule has 51 heavy (non-hydrogen) atoms. The highest BCUT2D eigenvalue weighted by Gasteiger charge is 2.54. The molecule has 4 saturated heterocycles. The molecule has 0 radical (unpaired) electrons. The number of benzene rings is 2. The summed E-state index contributed by atoms with van der Waals surface area (Å²) < 4.78 is 38.4. The molecule has 1 aliphatic carbocycles. The molecule has 0 spiro atoms. The number of carbonyl (C=O) groups excluding carboxylic acids is 1. The molecule has 0 N–H and O–H groups in total. The predicted octanol–water partition coefficient (Wildman–Crippen LogP) is 6.14. The summed E-state index contributed by atoms with van der Waals surface area (Å²) in [6.07, 6.45) is 4.24. The van der Waals surface area contributed by atoms with Crippen LogP contribution in [0.5, 0.6) is 11.8 Å². The van der Waals surface area contributed by atoms with Crippen molar-refractivity contribution in [1.29, 1.82) is 0 Å². The van der Waals surface area contributed by atoms with Crippen LogP contribution in [0.2, 0.25) is 0 Å². The highest BCUT2D eigenvalue weighted by molar-refractivity contribution is 6.64. The zero-order valence-electron chi connectivity index (χ0n) is 31.1. The summed E-state index contributed by atoms with van der Waals surface area (Å²) >= 11 is 0. The molecule has 2 aromatic carbocycles. The van der Waals surface area contributed by atoms with Crippen molar-refractivity contribution >= 4 is 35.4 Å². The summed E-state index contributed by atoms with van der Waals surface area (Å²) in [6.45, 7) is 16.9. The Kier molecular flexibility index (Phi) is 8.66. The van der Waals surface area contributed by atoms with E-state index in [2.05, 4.69) is 50.8 Å². The van der Waals surface area contributed by atoms with Gasteiger partial charge in [-0.3, -0.25) is 0 Å². The average molecular weight is 699 g/mol. The largest absolute Gasteiger partial charge is 0.499 e. The highest BCUT2D eigenvalue weighted by Crippen LogP contribution is 2.47. The summed E-state index contributed by atoms with van der Waals surface area (Å²) in [5.74, 6) is 1.81. The number of hydrogen-bond donors (Lipinski definition) is 0. The third-order valence-electron chi connectivity index (χ3n) is 11.3. The first kappa shape index (κ1) is 34.5. The van der Waals surface area contributed by atoms with Crippen LogP contribution in [0.1, 0.15) is 97.6 Å². The van der Waals surface area contributed by atoms with Crippen molar-refractivity contribution in [2.75, 3.05) is 31.2 Å². The Hall–Kier alpha value is -3.61. The molecule has 272 valence electrons. The lowest BCUT2D eigenvalue weighted by Crippen LogP contribution is -2.50. The van der Waals surface area contributed by atoms with Gasteiger partial charge in [-0.25, -0.2) is 4.79 Å². The maximum Gasteiger partial charge on any atom is 0.499 e. The number of amides is 1. The lowest BCUT2D eigenvalue weighted by molar-refractivity contribution is 0.00578. The standard InChI is InChI=1S/C39H51BN4O7/c1-37(2,3)49-36(45)44-22-26-19-27(44)21-43(26)34-30-20-29(25-13-14-25)31(40-50-38(4,5)39(6,7)51-40)33(47-23-24-11-9-8-10-12-24)32(30)41-35(42-34)48-28-15-17-46-18-16-28/h8-12,20,25-28H,13-19,21-23H2,1-7H3/t26-,27-/m0/s1. The Morgan fingerprint density at radius 3 is 2.29 bits per heavy atom. The second-order valence-electron chi connectivity index (χ2n) is 16.8. The van der Waals surface area contributed by atoms with Gasteiger partial charge in [-0.1, -0.05) is 30.3 Å². The first-order valence-electron chi connectivity index (χ1n) is 18.7. The maximum absolute atomic E-state index is 13.2. The number of aromatic nitrogens is 2. The van der Waals surface area contributed by atoms with Gasteiger partial charge in [-0.2, -0.15) is 9.97 Å². The van der Waals surface area contributed by atoms with Crippen LogP contribution in [0.15, 0.2) is 36.4 Å². The Labute approximate surface area is 301 Å². The van der Waals surface area contributed by atoms with Crippen LogP contribution in [0.3, 0.4) is 0 Å². The number of piperazine rings is 1. The summed E-state index contributed by atoms with van der Waals surface area (Å²) in [5, 5.41) is 0.913. The van der Waals surface area contributed by atoms with Gasteiger partial charge < -0.3 is 38.1 Å². The van der Waals surface area contributed by atoms with E-state index >= 15 is 0 Å². The van der Waals surface area contributed by atoms with Crippen molar-refractivity contribution in [3.05, 3.63) is 47.5 Å². The number of hydrogen-bond acceptors (Lipinski definition) is 10. The molecular weight excluding hydrogens is 647 g/mol. The van der Waals surface area contributed by atoms with Gasteiger partial charge in [0.2, 0.25) is 0 Å². The van der Waals surface area contributed by atoms with E-state index in [1.165, 1.54) is 0 Å². The van der Waals surface area contributed by atoms with Gasteiger partial charge in [-0.05, 0) is 90.8 Å². The van der Waals surface area contributed by atoms with Gasteiger partial charge in [0.1, 0.15) is 35.4 Å². The molecule has 8 rings (SSSR count). The normalized spacial score (nSPS) is 24.4. The molecule has 2 bridgehead atoms. The van der Waals surface area contributed by atoms with Gasteiger partial charge in [0.15, 0.2) is 0 Å². The molecule has 0 unspecified atom stereocenters. The van der Waals surface area contributed by atoms with E-state index in [1.54, 1.807) is 0 Å². The minimum Gasteiger partial charge on any atom is -0.487 e. The molecule has 12 heteroatoms. The topological polar surface area (TPSA) is 105 Å². The molecule has 3 aromatic rings. The molecule has 4 aliphatic heterocycles. The van der Waals surface area contributed by atoms with Crippen molar-refractivity contribution in [2.45, 2.75) is 128 Å². The van der Waals surface area contributed by atoms with Crippen LogP contribution in [-0.2, 0) is 25.4 Å². The maximum atomic E-state index is 13.2. The number of nitrogens with zero attached hydrogens (tertiary/aromatic N) is 4. The molecule has 5 heterocycles. The zero-order valence-corrected chi connectivity index (χ0v) is 31.1. The second kappa shape index (κ2) is 12.8. The summed E-state index contributed by atoms with van der Waals surface area (Å²) in [6, 6.07) is 12.9. The van der Waals surface area contributed by atoms with Crippen molar-refractivity contribution in [2.24, 2.45) is 0 Å². The predicted molar refractivity (Wildman–Crippen MR) is 195 cm³/mol. The number of ether oxygens (including phenoxy) is 4. The molecule has 1 amide bonds. The van der Waals surface area contributed by atoms with E-state index in [4.69, 9.17) is 38.2 Å².